The third-order valence-corrected chi connectivity index (χ3v) is 5.51. The van der Waals surface area contributed by atoms with Gasteiger partial charge in [-0.2, -0.15) is 0 Å². The van der Waals surface area contributed by atoms with E-state index >= 15 is 0 Å². The van der Waals surface area contributed by atoms with Crippen LogP contribution in [0.15, 0.2) is 15.9 Å². The molecule has 6 heteroatoms. The van der Waals surface area contributed by atoms with E-state index in [-0.39, 0.29) is 17.8 Å². The van der Waals surface area contributed by atoms with Gasteiger partial charge in [0.15, 0.2) is 0 Å². The number of hydrogen-bond acceptors (Lipinski definition) is 4. The fourth-order valence-electron chi connectivity index (χ4n) is 2.59. The molecule has 0 spiro atoms. The Morgan fingerprint density at radius 1 is 1.38 bits per heavy atom. The predicted octanol–water partition coefficient (Wildman–Crippen LogP) is 3.24. The summed E-state index contributed by atoms with van der Waals surface area (Å²) >= 11 is 5.17. The molecule has 1 fully saturated rings. The van der Waals surface area contributed by atoms with Crippen molar-refractivity contribution in [2.75, 3.05) is 20.2 Å². The number of hydrogen-bond donors (Lipinski definition) is 0. The van der Waals surface area contributed by atoms with Gasteiger partial charge < -0.3 is 9.64 Å². The van der Waals surface area contributed by atoms with Gasteiger partial charge in [-0.05, 0) is 53.7 Å². The van der Waals surface area contributed by atoms with Crippen molar-refractivity contribution in [1.29, 1.82) is 0 Å². The Hall–Kier alpha value is -0.880. The normalized spacial score (nSPS) is 16.0. The molecule has 0 aliphatic carbocycles. The van der Waals surface area contributed by atoms with Gasteiger partial charge in [-0.1, -0.05) is 0 Å². The lowest BCUT2D eigenvalue weighted by Gasteiger charge is -2.30. The molecule has 0 bridgehead atoms. The van der Waals surface area contributed by atoms with Crippen LogP contribution in [0.25, 0.3) is 0 Å². The third-order valence-electron chi connectivity index (χ3n) is 3.82. The topological polar surface area (TPSA) is 46.6 Å². The molecule has 1 amide bonds. The van der Waals surface area contributed by atoms with E-state index in [9.17, 15) is 9.59 Å². The smallest absolute Gasteiger partial charge is 0.308 e. The molecule has 0 atom stereocenters. The number of amides is 1. The first-order chi connectivity index (χ1) is 10.1. The van der Waals surface area contributed by atoms with E-state index in [0.29, 0.717) is 19.5 Å². The Labute approximate surface area is 137 Å². The van der Waals surface area contributed by atoms with Crippen molar-refractivity contribution in [3.05, 3.63) is 20.8 Å². The highest BCUT2D eigenvalue weighted by Gasteiger charge is 2.27. The Morgan fingerprint density at radius 3 is 2.67 bits per heavy atom. The molecule has 1 aromatic heterocycles. The number of nitrogens with zero attached hydrogens (tertiary/aromatic N) is 1. The van der Waals surface area contributed by atoms with E-state index in [1.54, 1.807) is 11.3 Å². The van der Waals surface area contributed by atoms with Crippen LogP contribution in [0, 0.1) is 5.92 Å². The summed E-state index contributed by atoms with van der Waals surface area (Å²) in [6, 6.07) is 4.14. The molecule has 0 saturated carbocycles. The molecule has 1 aromatic rings. The Balaban J connectivity index is 1.69. The van der Waals surface area contributed by atoms with Gasteiger partial charge in [0.1, 0.15) is 0 Å². The van der Waals surface area contributed by atoms with Crippen molar-refractivity contribution < 1.29 is 14.3 Å². The largest absolute Gasteiger partial charge is 0.469 e. The molecule has 1 aliphatic rings. The van der Waals surface area contributed by atoms with Crippen molar-refractivity contribution in [2.45, 2.75) is 32.1 Å². The van der Waals surface area contributed by atoms with Crippen LogP contribution < -0.4 is 0 Å². The Morgan fingerprint density at radius 2 is 2.10 bits per heavy atom. The van der Waals surface area contributed by atoms with Gasteiger partial charge in [0.2, 0.25) is 5.91 Å². The zero-order valence-corrected chi connectivity index (χ0v) is 14.5. The summed E-state index contributed by atoms with van der Waals surface area (Å²) in [5.74, 6) is 0.0156. The van der Waals surface area contributed by atoms with E-state index in [0.717, 1.165) is 29.5 Å². The molecule has 21 heavy (non-hydrogen) atoms. The molecule has 2 rings (SSSR count). The van der Waals surface area contributed by atoms with Crippen LogP contribution in [-0.2, 0) is 20.7 Å². The van der Waals surface area contributed by atoms with Crippen LogP contribution >= 0.6 is 27.3 Å². The summed E-state index contributed by atoms with van der Waals surface area (Å²) in [5, 5.41) is 0. The SMILES string of the molecule is COC(=O)C1CCN(C(=O)CCCc2ccc(Br)s2)CC1. The van der Waals surface area contributed by atoms with Crippen LogP contribution in [0.1, 0.15) is 30.6 Å². The van der Waals surface area contributed by atoms with E-state index in [2.05, 4.69) is 22.0 Å². The van der Waals surface area contributed by atoms with E-state index < -0.39 is 0 Å². The number of methoxy groups -OCH3 is 1. The Bertz CT molecular complexity index is 495. The zero-order chi connectivity index (χ0) is 15.2. The maximum Gasteiger partial charge on any atom is 0.308 e. The maximum absolute atomic E-state index is 12.1. The first-order valence-electron chi connectivity index (χ1n) is 7.20. The van der Waals surface area contributed by atoms with E-state index in [4.69, 9.17) is 4.74 Å². The van der Waals surface area contributed by atoms with Crippen molar-refractivity contribution in [3.63, 3.8) is 0 Å². The molecular weight excluding hydrogens is 354 g/mol. The first-order valence-corrected chi connectivity index (χ1v) is 8.81. The van der Waals surface area contributed by atoms with Crippen molar-refractivity contribution in [2.24, 2.45) is 5.92 Å². The number of esters is 1. The number of rotatable bonds is 5. The average Bonchev–Trinajstić information content (AvgIpc) is 2.92. The van der Waals surface area contributed by atoms with Gasteiger partial charge in [-0.15, -0.1) is 11.3 Å². The first kappa shape index (κ1) is 16.5. The number of piperidine rings is 1. The van der Waals surface area contributed by atoms with Crippen LogP contribution in [0.2, 0.25) is 0 Å². The average molecular weight is 374 g/mol. The van der Waals surface area contributed by atoms with Crippen LogP contribution in [0.5, 0.6) is 0 Å². The number of carbonyl (C=O) groups excluding carboxylic acids is 2. The summed E-state index contributed by atoms with van der Waals surface area (Å²) in [5.41, 5.74) is 0. The summed E-state index contributed by atoms with van der Waals surface area (Å²) < 4.78 is 5.89. The minimum atomic E-state index is -0.148. The minimum absolute atomic E-state index is 0.0393. The van der Waals surface area contributed by atoms with Gasteiger partial charge in [0.25, 0.3) is 0 Å². The minimum Gasteiger partial charge on any atom is -0.469 e. The van der Waals surface area contributed by atoms with Gasteiger partial charge in [-0.3, -0.25) is 9.59 Å². The second-order valence-corrected chi connectivity index (χ2v) is 7.79. The number of thiophene rings is 1. The van der Waals surface area contributed by atoms with Crippen LogP contribution in [-0.4, -0.2) is 37.0 Å². The Kier molecular flexibility index (Phi) is 6.23. The second kappa shape index (κ2) is 7.94. The molecule has 1 aliphatic heterocycles. The highest BCUT2D eigenvalue weighted by molar-refractivity contribution is 9.11. The highest BCUT2D eigenvalue weighted by atomic mass is 79.9. The number of carbonyl (C=O) groups is 2. The summed E-state index contributed by atoms with van der Waals surface area (Å²) in [6.45, 7) is 1.34. The van der Waals surface area contributed by atoms with E-state index in [1.807, 2.05) is 11.0 Å². The van der Waals surface area contributed by atoms with Crippen molar-refractivity contribution >= 4 is 39.1 Å². The quantitative estimate of drug-likeness (QED) is 0.744. The van der Waals surface area contributed by atoms with Gasteiger partial charge in [0, 0.05) is 24.4 Å². The molecule has 0 radical (unpaired) electrons. The van der Waals surface area contributed by atoms with E-state index in [1.165, 1.54) is 12.0 Å². The number of aryl methyl sites for hydroxylation is 1. The lowest BCUT2D eigenvalue weighted by atomic mass is 9.96. The van der Waals surface area contributed by atoms with Crippen LogP contribution in [0.4, 0.5) is 0 Å². The second-order valence-electron chi connectivity index (χ2n) is 5.24. The number of halogens is 1. The predicted molar refractivity (Wildman–Crippen MR) is 86.3 cm³/mol. The van der Waals surface area contributed by atoms with Gasteiger partial charge >= 0.3 is 5.97 Å². The molecule has 2 heterocycles. The van der Waals surface area contributed by atoms with Crippen molar-refractivity contribution in [3.8, 4) is 0 Å². The fraction of sp³-hybridized carbons (Fsp3) is 0.600. The lowest BCUT2D eigenvalue weighted by Crippen LogP contribution is -2.40. The standard InChI is InChI=1S/C15H20BrNO3S/c1-20-15(19)11-7-9-17(10-8-11)14(18)4-2-3-12-5-6-13(16)21-12/h5-6,11H,2-4,7-10H2,1H3. The molecule has 116 valence electrons. The lowest BCUT2D eigenvalue weighted by molar-refractivity contribution is -0.148. The van der Waals surface area contributed by atoms with Crippen molar-refractivity contribution in [1.82, 2.24) is 4.90 Å². The number of ether oxygens (including phenoxy) is 1. The highest BCUT2D eigenvalue weighted by Crippen LogP contribution is 2.24. The molecule has 0 unspecified atom stereocenters. The maximum atomic E-state index is 12.1. The zero-order valence-electron chi connectivity index (χ0n) is 12.1. The van der Waals surface area contributed by atoms with Crippen LogP contribution in [0.3, 0.4) is 0 Å². The molecule has 4 nitrogen and oxygen atoms in total. The molecule has 0 N–H and O–H groups in total. The van der Waals surface area contributed by atoms with Gasteiger partial charge in [0.05, 0.1) is 16.8 Å². The number of likely N-dealkylation sites (tertiary alicyclic amines) is 1. The monoisotopic (exact) mass is 373 g/mol. The van der Waals surface area contributed by atoms with Gasteiger partial charge in [-0.25, -0.2) is 0 Å². The molecular formula is C15H20BrNO3S. The third kappa shape index (κ3) is 4.81. The summed E-state index contributed by atoms with van der Waals surface area (Å²) in [7, 11) is 1.42. The molecule has 0 aromatic carbocycles. The fourth-order valence-corrected chi connectivity index (χ4v) is 4.11. The summed E-state index contributed by atoms with van der Waals surface area (Å²) in [6.07, 6.45) is 3.84. The molecule has 1 saturated heterocycles. The summed E-state index contributed by atoms with van der Waals surface area (Å²) in [4.78, 5) is 26.8.